The molecule has 1 heterocycles. The summed E-state index contributed by atoms with van der Waals surface area (Å²) in [4.78, 5) is 34.6. The van der Waals surface area contributed by atoms with Crippen LogP contribution in [0, 0.1) is 17.0 Å². The second kappa shape index (κ2) is 7.78. The van der Waals surface area contributed by atoms with Crippen LogP contribution in [0.2, 0.25) is 0 Å². The van der Waals surface area contributed by atoms with Crippen molar-refractivity contribution >= 4 is 34.2 Å². The van der Waals surface area contributed by atoms with Gasteiger partial charge >= 0.3 is 5.97 Å². The number of carbonyl (C=O) groups is 2. The van der Waals surface area contributed by atoms with Crippen molar-refractivity contribution < 1.29 is 28.4 Å². The van der Waals surface area contributed by atoms with E-state index in [0.717, 1.165) is 11.5 Å². The molecule has 1 aromatic heterocycles. The second-order valence-corrected chi connectivity index (χ2v) is 5.82. The number of nitrogens with zero attached hydrogens (tertiary/aromatic N) is 1. The van der Waals surface area contributed by atoms with Gasteiger partial charge in [-0.2, -0.15) is 0 Å². The lowest BCUT2D eigenvalue weighted by Crippen LogP contribution is -2.21. The molecule has 0 aliphatic heterocycles. The zero-order chi connectivity index (χ0) is 20.3. The minimum absolute atomic E-state index is 0.0157. The Labute approximate surface area is 159 Å². The molecule has 0 aliphatic rings. The quantitative estimate of drug-likeness (QED) is 0.392. The van der Waals surface area contributed by atoms with E-state index in [4.69, 9.17) is 13.9 Å². The van der Waals surface area contributed by atoms with Gasteiger partial charge in [-0.3, -0.25) is 14.9 Å². The fourth-order valence-corrected chi connectivity index (χ4v) is 2.66. The third-order valence-electron chi connectivity index (χ3n) is 4.03. The second-order valence-electron chi connectivity index (χ2n) is 5.82. The molecule has 0 fully saturated rings. The van der Waals surface area contributed by atoms with Crippen LogP contribution in [0.25, 0.3) is 11.0 Å². The van der Waals surface area contributed by atoms with Crippen molar-refractivity contribution in [1.82, 2.24) is 0 Å². The maximum absolute atomic E-state index is 12.2. The number of para-hydroxylation sites is 1. The third-order valence-corrected chi connectivity index (χ3v) is 4.03. The lowest BCUT2D eigenvalue weighted by Gasteiger charge is -2.10. The van der Waals surface area contributed by atoms with Crippen molar-refractivity contribution in [3.63, 3.8) is 0 Å². The summed E-state index contributed by atoms with van der Waals surface area (Å²) in [7, 11) is 1.36. The van der Waals surface area contributed by atoms with Gasteiger partial charge in [0.1, 0.15) is 11.3 Å². The molecular formula is C19H16N2O7. The minimum atomic E-state index is -0.783. The van der Waals surface area contributed by atoms with E-state index in [1.54, 1.807) is 19.1 Å². The molecule has 0 atom stereocenters. The van der Waals surface area contributed by atoms with E-state index in [-0.39, 0.29) is 22.9 Å². The molecule has 2 aromatic carbocycles. The van der Waals surface area contributed by atoms with Crippen molar-refractivity contribution in [1.29, 1.82) is 0 Å². The van der Waals surface area contributed by atoms with Crippen LogP contribution >= 0.6 is 0 Å². The zero-order valence-corrected chi connectivity index (χ0v) is 15.1. The normalized spacial score (nSPS) is 10.5. The predicted molar refractivity (Wildman–Crippen MR) is 99.5 cm³/mol. The highest BCUT2D eigenvalue weighted by atomic mass is 16.6. The fourth-order valence-electron chi connectivity index (χ4n) is 2.66. The number of aryl methyl sites for hydroxylation is 1. The Kier molecular flexibility index (Phi) is 5.25. The summed E-state index contributed by atoms with van der Waals surface area (Å²) in [6, 6.07) is 10.9. The van der Waals surface area contributed by atoms with E-state index in [1.807, 2.05) is 12.1 Å². The Morgan fingerprint density at radius 2 is 1.96 bits per heavy atom. The van der Waals surface area contributed by atoms with E-state index in [9.17, 15) is 19.7 Å². The summed E-state index contributed by atoms with van der Waals surface area (Å²) >= 11 is 0. The third kappa shape index (κ3) is 3.78. The lowest BCUT2D eigenvalue weighted by atomic mass is 10.1. The van der Waals surface area contributed by atoms with Crippen LogP contribution in [0.3, 0.4) is 0 Å². The molecule has 1 amide bonds. The van der Waals surface area contributed by atoms with Gasteiger partial charge in [-0.05, 0) is 19.1 Å². The van der Waals surface area contributed by atoms with E-state index in [0.29, 0.717) is 11.1 Å². The molecule has 0 aliphatic carbocycles. The molecule has 0 radical (unpaired) electrons. The number of esters is 1. The molecule has 9 nitrogen and oxygen atoms in total. The summed E-state index contributed by atoms with van der Waals surface area (Å²) in [5, 5.41) is 14.1. The number of non-ortho nitro benzene ring substituents is 1. The number of hydrogen-bond donors (Lipinski definition) is 1. The van der Waals surface area contributed by atoms with Crippen LogP contribution in [-0.2, 0) is 9.53 Å². The molecule has 1 N–H and O–H groups in total. The number of anilines is 1. The smallest absolute Gasteiger partial charge is 0.375 e. The van der Waals surface area contributed by atoms with Gasteiger partial charge in [0.15, 0.2) is 6.61 Å². The first-order chi connectivity index (χ1) is 13.4. The van der Waals surface area contributed by atoms with Crippen molar-refractivity contribution in [3.8, 4) is 5.75 Å². The summed E-state index contributed by atoms with van der Waals surface area (Å²) in [6.07, 6.45) is 0. The molecule has 0 spiro atoms. The van der Waals surface area contributed by atoms with E-state index < -0.39 is 23.4 Å². The zero-order valence-electron chi connectivity index (χ0n) is 15.1. The molecule has 0 unspecified atom stereocenters. The van der Waals surface area contributed by atoms with Gasteiger partial charge in [0, 0.05) is 23.1 Å². The monoisotopic (exact) mass is 384 g/mol. The largest absolute Gasteiger partial charge is 0.495 e. The van der Waals surface area contributed by atoms with Crippen LogP contribution in [-0.4, -0.2) is 30.5 Å². The van der Waals surface area contributed by atoms with Crippen LogP contribution in [0.1, 0.15) is 16.1 Å². The maximum atomic E-state index is 12.2. The number of fused-ring (bicyclic) bond motifs is 1. The molecule has 3 rings (SSSR count). The highest BCUT2D eigenvalue weighted by molar-refractivity contribution is 5.98. The van der Waals surface area contributed by atoms with Gasteiger partial charge in [0.05, 0.1) is 17.7 Å². The minimum Gasteiger partial charge on any atom is -0.495 e. The number of ether oxygens (including phenoxy) is 2. The van der Waals surface area contributed by atoms with Gasteiger partial charge in [0.25, 0.3) is 11.6 Å². The van der Waals surface area contributed by atoms with Crippen molar-refractivity contribution in [3.05, 3.63) is 63.9 Å². The van der Waals surface area contributed by atoms with Crippen LogP contribution in [0.5, 0.6) is 5.75 Å². The van der Waals surface area contributed by atoms with Crippen LogP contribution in [0.15, 0.2) is 46.9 Å². The van der Waals surface area contributed by atoms with E-state index in [2.05, 4.69) is 5.32 Å². The highest BCUT2D eigenvalue weighted by Crippen LogP contribution is 2.29. The van der Waals surface area contributed by atoms with Gasteiger partial charge in [-0.25, -0.2) is 4.79 Å². The summed E-state index contributed by atoms with van der Waals surface area (Å²) in [5.74, 6) is -1.21. The van der Waals surface area contributed by atoms with Gasteiger partial charge in [0.2, 0.25) is 5.76 Å². The number of hydrogen-bond acceptors (Lipinski definition) is 7. The summed E-state index contributed by atoms with van der Waals surface area (Å²) < 4.78 is 15.6. The number of nitro groups is 1. The molecule has 144 valence electrons. The molecule has 0 saturated carbocycles. The van der Waals surface area contributed by atoms with Crippen LogP contribution in [0.4, 0.5) is 11.4 Å². The number of nitrogens with one attached hydrogen (secondary N) is 1. The first-order valence-electron chi connectivity index (χ1n) is 8.18. The van der Waals surface area contributed by atoms with Crippen LogP contribution < -0.4 is 10.1 Å². The number of carbonyl (C=O) groups excluding carboxylic acids is 2. The van der Waals surface area contributed by atoms with Gasteiger partial charge in [-0.1, -0.05) is 18.2 Å². The Bertz CT molecular complexity index is 1070. The Hall–Kier alpha value is -3.88. The van der Waals surface area contributed by atoms with E-state index >= 15 is 0 Å². The Balaban J connectivity index is 1.68. The maximum Gasteiger partial charge on any atom is 0.375 e. The predicted octanol–water partition coefficient (Wildman–Crippen LogP) is 3.45. The Morgan fingerprint density at radius 3 is 2.64 bits per heavy atom. The van der Waals surface area contributed by atoms with Gasteiger partial charge in [-0.15, -0.1) is 0 Å². The molecule has 3 aromatic rings. The Morgan fingerprint density at radius 1 is 1.21 bits per heavy atom. The number of nitro benzene ring substituents is 1. The first kappa shape index (κ1) is 18.9. The lowest BCUT2D eigenvalue weighted by molar-refractivity contribution is -0.384. The molecule has 0 saturated heterocycles. The van der Waals surface area contributed by atoms with Crippen molar-refractivity contribution in [2.24, 2.45) is 0 Å². The average Bonchev–Trinajstić information content (AvgIpc) is 3.03. The molecular weight excluding hydrogens is 368 g/mol. The number of benzene rings is 2. The molecule has 0 bridgehead atoms. The number of rotatable bonds is 6. The van der Waals surface area contributed by atoms with Crippen molar-refractivity contribution in [2.75, 3.05) is 19.0 Å². The number of amides is 1. The number of methoxy groups -OCH3 is 1. The fraction of sp³-hybridized carbons (Fsp3) is 0.158. The topological polar surface area (TPSA) is 121 Å². The average molecular weight is 384 g/mol. The summed E-state index contributed by atoms with van der Waals surface area (Å²) in [6.45, 7) is 1.12. The van der Waals surface area contributed by atoms with Gasteiger partial charge < -0.3 is 19.2 Å². The van der Waals surface area contributed by atoms with E-state index in [1.165, 1.54) is 19.2 Å². The van der Waals surface area contributed by atoms with Crippen molar-refractivity contribution in [2.45, 2.75) is 6.92 Å². The first-order valence-corrected chi connectivity index (χ1v) is 8.18. The standard InChI is InChI=1S/C19H16N2O7/c1-11-13-5-3-4-6-15(13)28-18(11)19(23)27-10-17(22)20-14-9-12(21(24)25)7-8-16(14)26-2/h3-9H,10H2,1-2H3,(H,20,22). The SMILES string of the molecule is COc1ccc([N+](=O)[O-])cc1NC(=O)COC(=O)c1oc2ccccc2c1C. The number of furan rings is 1. The molecule has 9 heteroatoms. The highest BCUT2D eigenvalue weighted by Gasteiger charge is 2.20. The summed E-state index contributed by atoms with van der Waals surface area (Å²) in [5.41, 5.74) is 1.03. The molecule has 28 heavy (non-hydrogen) atoms.